The van der Waals surface area contributed by atoms with Gasteiger partial charge in [-0.25, -0.2) is 18.4 Å². The van der Waals surface area contributed by atoms with Gasteiger partial charge in [-0.1, -0.05) is 5.21 Å². The molecule has 192 valence electrons. The Hall–Kier alpha value is -4.10. The van der Waals surface area contributed by atoms with Gasteiger partial charge in [0, 0.05) is 38.8 Å². The Kier molecular flexibility index (Phi) is 6.72. The number of carbonyl (C=O) groups excluding carboxylic acids is 1. The number of piperazine rings is 1. The van der Waals surface area contributed by atoms with Crippen molar-refractivity contribution in [1.29, 1.82) is 0 Å². The van der Waals surface area contributed by atoms with Crippen LogP contribution in [0.15, 0.2) is 59.8 Å². The summed E-state index contributed by atoms with van der Waals surface area (Å²) in [4.78, 5) is 22.2. The van der Waals surface area contributed by atoms with E-state index in [0.29, 0.717) is 42.4 Å². The lowest BCUT2D eigenvalue weighted by Gasteiger charge is -2.34. The molecule has 0 unspecified atom stereocenters. The first-order chi connectivity index (χ1) is 17.9. The van der Waals surface area contributed by atoms with Crippen LogP contribution in [0.4, 0.5) is 11.5 Å². The highest BCUT2D eigenvalue weighted by Crippen LogP contribution is 2.26. The zero-order valence-electron chi connectivity index (χ0n) is 20.4. The van der Waals surface area contributed by atoms with E-state index < -0.39 is 10.0 Å². The molecule has 0 bridgehead atoms. The SMILES string of the molecule is CCOc1ccc(-n2nnc3c(N4CCN(S(=O)(=O)c5ccc(NC(C)=O)cc5)CC4)ncnc32)cc1. The molecule has 3 heterocycles. The molecule has 0 aliphatic carbocycles. The number of nitrogens with zero attached hydrogens (tertiary/aromatic N) is 7. The number of hydrogen-bond donors (Lipinski definition) is 1. The zero-order chi connectivity index (χ0) is 26.0. The maximum absolute atomic E-state index is 13.2. The standard InChI is InChI=1S/C24H26N8O4S/c1-3-36-20-8-6-19(7-9-20)32-24-22(28-29-32)23(25-16-26-24)30-12-14-31(15-13-30)37(34,35)21-10-4-18(5-11-21)27-17(2)33/h4-11,16H,3,12-15H2,1-2H3,(H,27,33). The Morgan fingerprint density at radius 3 is 2.35 bits per heavy atom. The Morgan fingerprint density at radius 1 is 1.00 bits per heavy atom. The molecule has 1 aliphatic rings. The minimum absolute atomic E-state index is 0.178. The number of amides is 1. The lowest BCUT2D eigenvalue weighted by molar-refractivity contribution is -0.114. The summed E-state index contributed by atoms with van der Waals surface area (Å²) < 4.78 is 34.9. The van der Waals surface area contributed by atoms with E-state index in [9.17, 15) is 13.2 Å². The maximum atomic E-state index is 13.2. The van der Waals surface area contributed by atoms with E-state index in [1.807, 2.05) is 36.1 Å². The minimum atomic E-state index is -3.68. The molecule has 0 radical (unpaired) electrons. The van der Waals surface area contributed by atoms with E-state index >= 15 is 0 Å². The van der Waals surface area contributed by atoms with E-state index in [2.05, 4.69) is 25.6 Å². The van der Waals surface area contributed by atoms with Crippen molar-refractivity contribution in [2.45, 2.75) is 18.7 Å². The van der Waals surface area contributed by atoms with E-state index in [1.54, 1.807) is 16.8 Å². The molecule has 0 saturated carbocycles. The third-order valence-electron chi connectivity index (χ3n) is 5.96. The Morgan fingerprint density at radius 2 is 1.70 bits per heavy atom. The molecule has 13 heteroatoms. The normalized spacial score (nSPS) is 14.6. The fourth-order valence-corrected chi connectivity index (χ4v) is 5.62. The van der Waals surface area contributed by atoms with Crippen molar-refractivity contribution < 1.29 is 17.9 Å². The highest BCUT2D eigenvalue weighted by Gasteiger charge is 2.30. The fraction of sp³-hybridized carbons (Fsp3) is 0.292. The fourth-order valence-electron chi connectivity index (χ4n) is 4.20. The number of carbonyl (C=O) groups is 1. The van der Waals surface area contributed by atoms with Gasteiger partial charge in [-0.2, -0.15) is 8.99 Å². The lowest BCUT2D eigenvalue weighted by Crippen LogP contribution is -2.49. The van der Waals surface area contributed by atoms with Crippen LogP contribution in [0.25, 0.3) is 16.9 Å². The predicted octanol–water partition coefficient (Wildman–Crippen LogP) is 2.08. The minimum Gasteiger partial charge on any atom is -0.494 e. The van der Waals surface area contributed by atoms with Crippen molar-refractivity contribution in [3.63, 3.8) is 0 Å². The van der Waals surface area contributed by atoms with Crippen LogP contribution >= 0.6 is 0 Å². The molecule has 1 fully saturated rings. The summed E-state index contributed by atoms with van der Waals surface area (Å²) in [6, 6.07) is 13.6. The molecule has 1 saturated heterocycles. The molecule has 2 aromatic carbocycles. The van der Waals surface area contributed by atoms with Crippen LogP contribution in [0.1, 0.15) is 13.8 Å². The molecule has 1 N–H and O–H groups in total. The smallest absolute Gasteiger partial charge is 0.243 e. The summed E-state index contributed by atoms with van der Waals surface area (Å²) in [5, 5.41) is 11.2. The Balaban J connectivity index is 1.32. The quantitative estimate of drug-likeness (QED) is 0.387. The molecular formula is C24H26N8O4S. The van der Waals surface area contributed by atoms with Crippen LogP contribution < -0.4 is 15.0 Å². The number of aromatic nitrogens is 5. The molecule has 37 heavy (non-hydrogen) atoms. The van der Waals surface area contributed by atoms with Gasteiger partial charge in [-0.05, 0) is 55.5 Å². The van der Waals surface area contributed by atoms with Crippen molar-refractivity contribution >= 4 is 38.6 Å². The van der Waals surface area contributed by atoms with E-state index in [-0.39, 0.29) is 23.9 Å². The summed E-state index contributed by atoms with van der Waals surface area (Å²) >= 11 is 0. The van der Waals surface area contributed by atoms with Crippen molar-refractivity contribution in [2.24, 2.45) is 0 Å². The van der Waals surface area contributed by atoms with Gasteiger partial charge < -0.3 is 15.0 Å². The van der Waals surface area contributed by atoms with Gasteiger partial charge in [-0.15, -0.1) is 5.10 Å². The molecule has 2 aromatic heterocycles. The average molecular weight is 523 g/mol. The second-order valence-electron chi connectivity index (χ2n) is 8.39. The van der Waals surface area contributed by atoms with Gasteiger partial charge in [0.2, 0.25) is 15.9 Å². The van der Waals surface area contributed by atoms with E-state index in [1.165, 1.54) is 29.7 Å². The monoisotopic (exact) mass is 522 g/mol. The van der Waals surface area contributed by atoms with Gasteiger partial charge in [0.05, 0.1) is 17.2 Å². The number of nitrogens with one attached hydrogen (secondary N) is 1. The van der Waals surface area contributed by atoms with Crippen molar-refractivity contribution in [3.8, 4) is 11.4 Å². The van der Waals surface area contributed by atoms with E-state index in [0.717, 1.165) is 11.4 Å². The molecule has 5 rings (SSSR count). The first-order valence-corrected chi connectivity index (χ1v) is 13.2. The third kappa shape index (κ3) is 4.95. The summed E-state index contributed by atoms with van der Waals surface area (Å²) in [5.74, 6) is 1.16. The number of sulfonamides is 1. The first-order valence-electron chi connectivity index (χ1n) is 11.8. The maximum Gasteiger partial charge on any atom is 0.243 e. The van der Waals surface area contributed by atoms with Crippen LogP contribution in [0.5, 0.6) is 5.75 Å². The number of anilines is 2. The van der Waals surface area contributed by atoms with Crippen LogP contribution in [-0.2, 0) is 14.8 Å². The molecule has 1 amide bonds. The Labute approximate surface area is 213 Å². The largest absolute Gasteiger partial charge is 0.494 e. The predicted molar refractivity (Wildman–Crippen MR) is 137 cm³/mol. The van der Waals surface area contributed by atoms with Crippen LogP contribution in [-0.4, -0.2) is 76.4 Å². The van der Waals surface area contributed by atoms with Gasteiger partial charge in [0.1, 0.15) is 12.1 Å². The van der Waals surface area contributed by atoms with Gasteiger partial charge in [-0.3, -0.25) is 4.79 Å². The number of ether oxygens (including phenoxy) is 1. The van der Waals surface area contributed by atoms with Crippen LogP contribution in [0.3, 0.4) is 0 Å². The molecule has 4 aromatic rings. The lowest BCUT2D eigenvalue weighted by atomic mass is 10.3. The summed E-state index contributed by atoms with van der Waals surface area (Å²) in [5.41, 5.74) is 2.43. The highest BCUT2D eigenvalue weighted by molar-refractivity contribution is 7.89. The van der Waals surface area contributed by atoms with Crippen molar-refractivity contribution in [1.82, 2.24) is 29.3 Å². The number of benzene rings is 2. The van der Waals surface area contributed by atoms with E-state index in [4.69, 9.17) is 4.74 Å². The van der Waals surface area contributed by atoms with Gasteiger partial charge in [0.15, 0.2) is 17.0 Å². The number of rotatable bonds is 7. The molecule has 1 aliphatic heterocycles. The summed E-state index contributed by atoms with van der Waals surface area (Å²) in [6.07, 6.45) is 1.46. The van der Waals surface area contributed by atoms with Crippen molar-refractivity contribution in [2.75, 3.05) is 43.0 Å². The Bertz CT molecular complexity index is 1510. The van der Waals surface area contributed by atoms with Gasteiger partial charge in [0.25, 0.3) is 0 Å². The second kappa shape index (κ2) is 10.1. The van der Waals surface area contributed by atoms with Crippen LogP contribution in [0, 0.1) is 0 Å². The van der Waals surface area contributed by atoms with Crippen LogP contribution in [0.2, 0.25) is 0 Å². The molecule has 0 spiro atoms. The number of fused-ring (bicyclic) bond motifs is 1. The summed E-state index contributed by atoms with van der Waals surface area (Å²) in [7, 11) is -3.68. The van der Waals surface area contributed by atoms with Crippen molar-refractivity contribution in [3.05, 3.63) is 54.9 Å². The zero-order valence-corrected chi connectivity index (χ0v) is 21.2. The number of hydrogen-bond acceptors (Lipinski definition) is 9. The second-order valence-corrected chi connectivity index (χ2v) is 10.3. The highest BCUT2D eigenvalue weighted by atomic mass is 32.2. The molecule has 0 atom stereocenters. The summed E-state index contributed by atoms with van der Waals surface area (Å²) in [6.45, 7) is 5.36. The van der Waals surface area contributed by atoms with Gasteiger partial charge >= 0.3 is 0 Å². The average Bonchev–Trinajstić information content (AvgIpc) is 3.34. The third-order valence-corrected chi connectivity index (χ3v) is 7.87. The molecular weight excluding hydrogens is 496 g/mol. The molecule has 12 nitrogen and oxygen atoms in total. The topological polar surface area (TPSA) is 135 Å². The first kappa shape index (κ1) is 24.6.